The maximum atomic E-state index is 5.90. The van der Waals surface area contributed by atoms with Crippen LogP contribution in [0.2, 0.25) is 0 Å². The van der Waals surface area contributed by atoms with E-state index in [1.165, 1.54) is 0 Å². The second-order valence-electron chi connectivity index (χ2n) is 4.07. The minimum Gasteiger partial charge on any atom is -0.497 e. The summed E-state index contributed by atoms with van der Waals surface area (Å²) in [6, 6.07) is 13.5. The molecular weight excluding hydrogens is 306 g/mol. The zero-order valence-electron chi connectivity index (χ0n) is 10.7. The van der Waals surface area contributed by atoms with E-state index in [9.17, 15) is 0 Å². The molecule has 0 saturated carbocycles. The van der Waals surface area contributed by atoms with Crippen LogP contribution in [-0.4, -0.2) is 13.7 Å². The average molecular weight is 322 g/mol. The minimum absolute atomic E-state index is 0.598. The van der Waals surface area contributed by atoms with Crippen molar-refractivity contribution in [1.29, 1.82) is 0 Å². The highest BCUT2D eigenvalue weighted by Crippen LogP contribution is 2.29. The normalized spacial score (nSPS) is 10.3. The van der Waals surface area contributed by atoms with E-state index in [1.807, 2.05) is 42.5 Å². The van der Waals surface area contributed by atoms with Crippen LogP contribution < -0.4 is 15.2 Å². The summed E-state index contributed by atoms with van der Waals surface area (Å²) in [5.74, 6) is 2.41. The molecule has 0 unspecified atom stereocenters. The molecule has 3 nitrogen and oxygen atoms in total. The van der Waals surface area contributed by atoms with E-state index in [1.54, 1.807) is 7.11 Å². The molecule has 0 aliphatic carbocycles. The molecule has 2 rings (SSSR count). The Labute approximate surface area is 121 Å². The van der Waals surface area contributed by atoms with Crippen LogP contribution in [0.1, 0.15) is 5.56 Å². The molecule has 0 aliphatic rings. The summed E-state index contributed by atoms with van der Waals surface area (Å²) in [4.78, 5) is 0. The van der Waals surface area contributed by atoms with Crippen molar-refractivity contribution in [2.75, 3.05) is 13.7 Å². The SMILES string of the molecule is COc1ccc(Oc2cc(Br)ccc2CCN)cc1. The summed E-state index contributed by atoms with van der Waals surface area (Å²) in [7, 11) is 1.64. The second kappa shape index (κ2) is 6.59. The third-order valence-electron chi connectivity index (χ3n) is 2.73. The lowest BCUT2D eigenvalue weighted by molar-refractivity contribution is 0.412. The first-order valence-electron chi connectivity index (χ1n) is 6.03. The summed E-state index contributed by atoms with van der Waals surface area (Å²) in [5, 5.41) is 0. The van der Waals surface area contributed by atoms with Crippen LogP contribution in [0.3, 0.4) is 0 Å². The quantitative estimate of drug-likeness (QED) is 0.912. The Balaban J connectivity index is 2.23. The van der Waals surface area contributed by atoms with Gasteiger partial charge in [-0.15, -0.1) is 0 Å². The molecular formula is C15H16BrNO2. The molecule has 2 N–H and O–H groups in total. The number of halogens is 1. The Hall–Kier alpha value is -1.52. The average Bonchev–Trinajstić information content (AvgIpc) is 2.43. The number of nitrogens with two attached hydrogens (primary N) is 1. The van der Waals surface area contributed by atoms with E-state index >= 15 is 0 Å². The molecule has 0 spiro atoms. The van der Waals surface area contributed by atoms with Crippen LogP contribution in [0.5, 0.6) is 17.2 Å². The van der Waals surface area contributed by atoms with Gasteiger partial charge >= 0.3 is 0 Å². The van der Waals surface area contributed by atoms with Crippen LogP contribution in [0.25, 0.3) is 0 Å². The highest BCUT2D eigenvalue weighted by atomic mass is 79.9. The molecule has 0 amide bonds. The zero-order valence-corrected chi connectivity index (χ0v) is 12.3. The van der Waals surface area contributed by atoms with Gasteiger partial charge in [-0.05, 0) is 54.9 Å². The Morgan fingerprint density at radius 2 is 1.74 bits per heavy atom. The van der Waals surface area contributed by atoms with Crippen molar-refractivity contribution in [3.05, 3.63) is 52.5 Å². The number of ether oxygens (including phenoxy) is 2. The molecule has 2 aromatic carbocycles. The maximum absolute atomic E-state index is 5.90. The van der Waals surface area contributed by atoms with Gasteiger partial charge in [0.05, 0.1) is 7.11 Å². The first kappa shape index (κ1) is 13.9. The smallest absolute Gasteiger partial charge is 0.131 e. The van der Waals surface area contributed by atoms with Crippen LogP contribution in [0.4, 0.5) is 0 Å². The number of benzene rings is 2. The molecule has 0 atom stereocenters. The van der Waals surface area contributed by atoms with Gasteiger partial charge in [-0.25, -0.2) is 0 Å². The highest BCUT2D eigenvalue weighted by molar-refractivity contribution is 9.10. The van der Waals surface area contributed by atoms with Crippen LogP contribution in [-0.2, 0) is 6.42 Å². The molecule has 19 heavy (non-hydrogen) atoms. The summed E-state index contributed by atoms with van der Waals surface area (Å²) < 4.78 is 12.0. The Morgan fingerprint density at radius 1 is 1.05 bits per heavy atom. The van der Waals surface area contributed by atoms with Gasteiger partial charge in [-0.1, -0.05) is 22.0 Å². The predicted molar refractivity (Wildman–Crippen MR) is 80.0 cm³/mol. The van der Waals surface area contributed by atoms with Crippen molar-refractivity contribution >= 4 is 15.9 Å². The molecule has 0 bridgehead atoms. The molecule has 0 radical (unpaired) electrons. The van der Waals surface area contributed by atoms with Gasteiger partial charge in [0.15, 0.2) is 0 Å². The lowest BCUT2D eigenvalue weighted by Crippen LogP contribution is -2.04. The first-order chi connectivity index (χ1) is 9.22. The van der Waals surface area contributed by atoms with Crippen molar-refractivity contribution in [2.45, 2.75) is 6.42 Å². The monoisotopic (exact) mass is 321 g/mol. The largest absolute Gasteiger partial charge is 0.497 e. The lowest BCUT2D eigenvalue weighted by Gasteiger charge is -2.11. The minimum atomic E-state index is 0.598. The summed E-state index contributed by atoms with van der Waals surface area (Å²) in [6.07, 6.45) is 0.790. The van der Waals surface area contributed by atoms with E-state index in [4.69, 9.17) is 15.2 Å². The Bertz CT molecular complexity index is 540. The van der Waals surface area contributed by atoms with Gasteiger partial charge in [0.2, 0.25) is 0 Å². The molecule has 0 heterocycles. The van der Waals surface area contributed by atoms with Gasteiger partial charge < -0.3 is 15.2 Å². The standard InChI is InChI=1S/C15H16BrNO2/c1-18-13-4-6-14(7-5-13)19-15-10-12(16)3-2-11(15)8-9-17/h2-7,10H,8-9,17H2,1H3. The van der Waals surface area contributed by atoms with E-state index in [0.717, 1.165) is 33.7 Å². The van der Waals surface area contributed by atoms with Gasteiger partial charge in [0, 0.05) is 4.47 Å². The Morgan fingerprint density at radius 3 is 2.37 bits per heavy atom. The summed E-state index contributed by atoms with van der Waals surface area (Å²) >= 11 is 3.45. The Kier molecular flexibility index (Phi) is 4.82. The first-order valence-corrected chi connectivity index (χ1v) is 6.82. The topological polar surface area (TPSA) is 44.5 Å². The van der Waals surface area contributed by atoms with E-state index in [0.29, 0.717) is 6.54 Å². The van der Waals surface area contributed by atoms with Gasteiger partial charge in [-0.2, -0.15) is 0 Å². The molecule has 0 aliphatic heterocycles. The van der Waals surface area contributed by atoms with Gasteiger partial charge in [-0.3, -0.25) is 0 Å². The van der Waals surface area contributed by atoms with Crippen molar-refractivity contribution in [3.63, 3.8) is 0 Å². The molecule has 0 aromatic heterocycles. The van der Waals surface area contributed by atoms with E-state index in [2.05, 4.69) is 15.9 Å². The summed E-state index contributed by atoms with van der Waals surface area (Å²) in [5.41, 5.74) is 6.71. The highest BCUT2D eigenvalue weighted by Gasteiger charge is 2.06. The van der Waals surface area contributed by atoms with E-state index in [-0.39, 0.29) is 0 Å². The van der Waals surface area contributed by atoms with Crippen LogP contribution >= 0.6 is 15.9 Å². The van der Waals surface area contributed by atoms with Crippen LogP contribution in [0, 0.1) is 0 Å². The number of hydrogen-bond acceptors (Lipinski definition) is 3. The van der Waals surface area contributed by atoms with Crippen molar-refractivity contribution < 1.29 is 9.47 Å². The predicted octanol–water partition coefficient (Wildman–Crippen LogP) is 3.75. The van der Waals surface area contributed by atoms with Crippen molar-refractivity contribution in [2.24, 2.45) is 5.73 Å². The number of rotatable bonds is 5. The third kappa shape index (κ3) is 3.72. The number of hydrogen-bond donors (Lipinski definition) is 1. The molecule has 0 fully saturated rings. The fraction of sp³-hybridized carbons (Fsp3) is 0.200. The maximum Gasteiger partial charge on any atom is 0.131 e. The lowest BCUT2D eigenvalue weighted by atomic mass is 10.1. The zero-order chi connectivity index (χ0) is 13.7. The molecule has 0 saturated heterocycles. The van der Waals surface area contributed by atoms with Crippen molar-refractivity contribution in [1.82, 2.24) is 0 Å². The molecule has 4 heteroatoms. The summed E-state index contributed by atoms with van der Waals surface area (Å²) in [6.45, 7) is 0.598. The fourth-order valence-corrected chi connectivity index (χ4v) is 2.10. The second-order valence-corrected chi connectivity index (χ2v) is 4.98. The third-order valence-corrected chi connectivity index (χ3v) is 3.22. The van der Waals surface area contributed by atoms with E-state index < -0.39 is 0 Å². The van der Waals surface area contributed by atoms with Crippen molar-refractivity contribution in [3.8, 4) is 17.2 Å². The molecule has 100 valence electrons. The van der Waals surface area contributed by atoms with Gasteiger partial charge in [0.25, 0.3) is 0 Å². The number of methoxy groups -OCH3 is 1. The van der Waals surface area contributed by atoms with Gasteiger partial charge in [0.1, 0.15) is 17.2 Å². The fourth-order valence-electron chi connectivity index (χ4n) is 1.76. The van der Waals surface area contributed by atoms with Crippen LogP contribution in [0.15, 0.2) is 46.9 Å². The molecule has 2 aromatic rings.